The Labute approximate surface area is 143 Å². The van der Waals surface area contributed by atoms with Gasteiger partial charge in [-0.3, -0.25) is 9.52 Å². The first-order valence-electron chi connectivity index (χ1n) is 7.01. The van der Waals surface area contributed by atoms with Crippen molar-refractivity contribution in [2.45, 2.75) is 20.0 Å². The fourth-order valence-corrected chi connectivity index (χ4v) is 2.65. The molecule has 9 heteroatoms. The maximum Gasteiger partial charge on any atom is 0.241 e. The van der Waals surface area contributed by atoms with Gasteiger partial charge in [-0.25, -0.2) is 8.42 Å². The normalized spacial score (nSPS) is 10.8. The number of rotatable bonds is 9. The van der Waals surface area contributed by atoms with Crippen LogP contribution in [0.1, 0.15) is 13.8 Å². The van der Waals surface area contributed by atoms with E-state index in [2.05, 4.69) is 15.4 Å². The molecule has 1 rings (SSSR count). The molecule has 0 radical (unpaired) electrons. The first-order valence-corrected chi connectivity index (χ1v) is 8.66. The summed E-state index contributed by atoms with van der Waals surface area (Å²) in [6.45, 7) is 4.77. The number of sulfonamides is 1. The summed E-state index contributed by atoms with van der Waals surface area (Å²) < 4.78 is 31.6. The van der Waals surface area contributed by atoms with Crippen molar-refractivity contribution in [2.75, 3.05) is 30.6 Å². The number of hydrogen-bond donors (Lipinski definition) is 3. The molecule has 0 heterocycles. The molecule has 1 aromatic carbocycles. The number of anilines is 1. The number of benzene rings is 1. The summed E-state index contributed by atoms with van der Waals surface area (Å²) >= 11 is 0. The zero-order valence-corrected chi connectivity index (χ0v) is 15.1. The summed E-state index contributed by atoms with van der Waals surface area (Å²) in [7, 11) is -1.98. The standard InChI is InChI=1S/C14H23N3O4S.ClH/c1-11(2)21-13-6-4-12(5-7-13)17-22(19,20)10-14(18)16-9-8-15-3;/h4-7,11,15,17H,8-10H2,1-3H3,(H,16,18);1H. The number of halogens is 1. The fourth-order valence-electron chi connectivity index (χ4n) is 1.64. The van der Waals surface area contributed by atoms with Crippen LogP contribution in [0.5, 0.6) is 5.75 Å². The molecule has 0 saturated heterocycles. The number of hydrogen-bond acceptors (Lipinski definition) is 5. The largest absolute Gasteiger partial charge is 0.491 e. The summed E-state index contributed by atoms with van der Waals surface area (Å²) in [5, 5.41) is 5.37. The van der Waals surface area contributed by atoms with Crippen molar-refractivity contribution in [1.29, 1.82) is 0 Å². The highest BCUT2D eigenvalue weighted by atomic mass is 35.5. The second-order valence-corrected chi connectivity index (χ2v) is 6.73. The molecule has 0 unspecified atom stereocenters. The predicted octanol–water partition coefficient (Wildman–Crippen LogP) is 0.973. The molecule has 0 atom stereocenters. The Bertz CT molecular complexity index is 576. The van der Waals surface area contributed by atoms with Crippen molar-refractivity contribution >= 4 is 34.0 Å². The fraction of sp³-hybridized carbons (Fsp3) is 0.500. The van der Waals surface area contributed by atoms with Gasteiger partial charge in [0, 0.05) is 18.8 Å². The van der Waals surface area contributed by atoms with Gasteiger partial charge in [-0.2, -0.15) is 0 Å². The maximum atomic E-state index is 11.9. The minimum Gasteiger partial charge on any atom is -0.491 e. The van der Waals surface area contributed by atoms with E-state index in [0.29, 0.717) is 24.5 Å². The molecule has 0 aliphatic carbocycles. The van der Waals surface area contributed by atoms with E-state index in [1.165, 1.54) is 0 Å². The van der Waals surface area contributed by atoms with Gasteiger partial charge in [0.2, 0.25) is 15.9 Å². The van der Waals surface area contributed by atoms with Crippen LogP contribution in [0.25, 0.3) is 0 Å². The van der Waals surface area contributed by atoms with Crippen molar-refractivity contribution in [1.82, 2.24) is 10.6 Å². The molecule has 1 amide bonds. The van der Waals surface area contributed by atoms with Crippen molar-refractivity contribution in [3.05, 3.63) is 24.3 Å². The van der Waals surface area contributed by atoms with Gasteiger partial charge in [0.05, 0.1) is 6.10 Å². The Balaban J connectivity index is 0.00000484. The smallest absolute Gasteiger partial charge is 0.241 e. The van der Waals surface area contributed by atoms with Crippen LogP contribution in [0.4, 0.5) is 5.69 Å². The molecule has 0 saturated carbocycles. The molecule has 23 heavy (non-hydrogen) atoms. The van der Waals surface area contributed by atoms with Gasteiger partial charge in [0.15, 0.2) is 0 Å². The van der Waals surface area contributed by atoms with Gasteiger partial charge < -0.3 is 15.4 Å². The van der Waals surface area contributed by atoms with Gasteiger partial charge in [-0.05, 0) is 45.2 Å². The molecule has 0 fully saturated rings. The van der Waals surface area contributed by atoms with Crippen LogP contribution in [0, 0.1) is 0 Å². The zero-order valence-electron chi connectivity index (χ0n) is 13.5. The van der Waals surface area contributed by atoms with Crippen molar-refractivity contribution in [3.63, 3.8) is 0 Å². The van der Waals surface area contributed by atoms with E-state index in [1.807, 2.05) is 13.8 Å². The van der Waals surface area contributed by atoms with Gasteiger partial charge in [-0.1, -0.05) is 0 Å². The Hall–Kier alpha value is -1.51. The monoisotopic (exact) mass is 365 g/mol. The molecule has 0 aromatic heterocycles. The third-order valence-electron chi connectivity index (χ3n) is 2.52. The third-order valence-corrected chi connectivity index (χ3v) is 3.71. The van der Waals surface area contributed by atoms with Crippen LogP contribution in [-0.2, 0) is 14.8 Å². The van der Waals surface area contributed by atoms with Crippen molar-refractivity contribution in [2.24, 2.45) is 0 Å². The van der Waals surface area contributed by atoms with Gasteiger partial charge in [0.1, 0.15) is 11.5 Å². The summed E-state index contributed by atoms with van der Waals surface area (Å²) in [4.78, 5) is 11.5. The summed E-state index contributed by atoms with van der Waals surface area (Å²) in [5.74, 6) is -0.494. The highest BCUT2D eigenvalue weighted by Crippen LogP contribution is 2.17. The zero-order chi connectivity index (χ0) is 16.6. The van der Waals surface area contributed by atoms with Crippen LogP contribution in [-0.4, -0.2) is 46.3 Å². The number of carbonyl (C=O) groups is 1. The molecule has 0 aliphatic heterocycles. The Morgan fingerprint density at radius 1 is 1.17 bits per heavy atom. The predicted molar refractivity (Wildman–Crippen MR) is 93.8 cm³/mol. The highest BCUT2D eigenvalue weighted by Gasteiger charge is 2.16. The summed E-state index contributed by atoms with van der Waals surface area (Å²) in [6, 6.07) is 6.53. The number of nitrogens with one attached hydrogen (secondary N) is 3. The Morgan fingerprint density at radius 2 is 1.78 bits per heavy atom. The molecule has 0 aliphatic rings. The topological polar surface area (TPSA) is 96.5 Å². The maximum absolute atomic E-state index is 11.9. The second kappa shape index (κ2) is 10.3. The van der Waals surface area contributed by atoms with Gasteiger partial charge in [-0.15, -0.1) is 12.4 Å². The Morgan fingerprint density at radius 3 is 2.30 bits per heavy atom. The van der Waals surface area contributed by atoms with Gasteiger partial charge >= 0.3 is 0 Å². The van der Waals surface area contributed by atoms with E-state index in [4.69, 9.17) is 4.74 Å². The van der Waals surface area contributed by atoms with Crippen LogP contribution in [0.2, 0.25) is 0 Å². The lowest BCUT2D eigenvalue weighted by atomic mass is 10.3. The molecule has 0 bridgehead atoms. The number of likely N-dealkylation sites (N-methyl/N-ethyl adjacent to an activating group) is 1. The van der Waals surface area contributed by atoms with Crippen LogP contribution in [0.3, 0.4) is 0 Å². The Kier molecular flexibility index (Phi) is 9.62. The minimum absolute atomic E-state index is 0. The van der Waals surface area contributed by atoms with E-state index < -0.39 is 21.7 Å². The van der Waals surface area contributed by atoms with E-state index in [9.17, 15) is 13.2 Å². The number of amides is 1. The lowest BCUT2D eigenvalue weighted by Crippen LogP contribution is -2.36. The van der Waals surface area contributed by atoms with Crippen molar-refractivity contribution < 1.29 is 17.9 Å². The van der Waals surface area contributed by atoms with E-state index >= 15 is 0 Å². The summed E-state index contributed by atoms with van der Waals surface area (Å²) in [6.07, 6.45) is 0.0452. The first kappa shape index (κ1) is 21.5. The first-order chi connectivity index (χ1) is 10.3. The second-order valence-electron chi connectivity index (χ2n) is 5.01. The molecule has 132 valence electrons. The number of carbonyl (C=O) groups excluding carboxylic acids is 1. The molecular weight excluding hydrogens is 342 g/mol. The van der Waals surface area contributed by atoms with Gasteiger partial charge in [0.25, 0.3) is 0 Å². The third kappa shape index (κ3) is 9.27. The van der Waals surface area contributed by atoms with Crippen LogP contribution < -0.4 is 20.1 Å². The lowest BCUT2D eigenvalue weighted by molar-refractivity contribution is -0.118. The molecular formula is C14H24ClN3O4S. The quantitative estimate of drug-likeness (QED) is 0.567. The van der Waals surface area contributed by atoms with E-state index in [-0.39, 0.29) is 18.5 Å². The lowest BCUT2D eigenvalue weighted by Gasteiger charge is -2.11. The minimum atomic E-state index is -3.73. The van der Waals surface area contributed by atoms with Crippen molar-refractivity contribution in [3.8, 4) is 5.75 Å². The van der Waals surface area contributed by atoms with Crippen LogP contribution in [0.15, 0.2) is 24.3 Å². The summed E-state index contributed by atoms with van der Waals surface area (Å²) in [5.41, 5.74) is 0.388. The molecule has 7 nitrogen and oxygen atoms in total. The highest BCUT2D eigenvalue weighted by molar-refractivity contribution is 7.93. The number of ether oxygens (including phenoxy) is 1. The molecule has 1 aromatic rings. The molecule has 3 N–H and O–H groups in total. The van der Waals surface area contributed by atoms with Crippen LogP contribution >= 0.6 is 12.4 Å². The SMILES string of the molecule is CNCCNC(=O)CS(=O)(=O)Nc1ccc(OC(C)C)cc1.Cl. The average molecular weight is 366 g/mol. The van der Waals surface area contributed by atoms with E-state index in [1.54, 1.807) is 31.3 Å². The molecule has 0 spiro atoms. The average Bonchev–Trinajstić information content (AvgIpc) is 2.39. The van der Waals surface area contributed by atoms with E-state index in [0.717, 1.165) is 0 Å².